The molecule has 0 radical (unpaired) electrons. The first-order valence-corrected chi connectivity index (χ1v) is 6.05. The van der Waals surface area contributed by atoms with Gasteiger partial charge in [0.25, 0.3) is 0 Å². The van der Waals surface area contributed by atoms with Gasteiger partial charge in [0, 0.05) is 0 Å². The fourth-order valence-electron chi connectivity index (χ4n) is 1.94. The third-order valence-corrected chi connectivity index (χ3v) is 2.74. The van der Waals surface area contributed by atoms with Crippen molar-refractivity contribution in [2.75, 3.05) is 6.54 Å². The van der Waals surface area contributed by atoms with Crippen molar-refractivity contribution in [1.29, 1.82) is 0 Å². The molecule has 0 spiro atoms. The zero-order valence-electron chi connectivity index (χ0n) is 9.52. The van der Waals surface area contributed by atoms with E-state index in [9.17, 15) is 0 Å². The summed E-state index contributed by atoms with van der Waals surface area (Å²) in [7, 11) is 0. The Labute approximate surface area is 84.1 Å². The average molecular weight is 185 g/mol. The topological polar surface area (TPSA) is 26.0 Å². The molecule has 0 aliphatic heterocycles. The number of rotatable bonds is 9. The van der Waals surface area contributed by atoms with Gasteiger partial charge in [-0.1, -0.05) is 58.8 Å². The highest BCUT2D eigenvalue weighted by Crippen LogP contribution is 2.18. The van der Waals surface area contributed by atoms with Crippen LogP contribution in [0.2, 0.25) is 0 Å². The summed E-state index contributed by atoms with van der Waals surface area (Å²) in [4.78, 5) is 0. The Kier molecular flexibility index (Phi) is 10.0. The molecule has 1 atom stereocenters. The number of hydrogen-bond acceptors (Lipinski definition) is 1. The van der Waals surface area contributed by atoms with Crippen molar-refractivity contribution in [3.63, 3.8) is 0 Å². The number of nitrogens with two attached hydrogens (primary N) is 1. The van der Waals surface area contributed by atoms with Crippen molar-refractivity contribution in [3.8, 4) is 0 Å². The molecule has 0 heterocycles. The minimum atomic E-state index is 0.873. The largest absolute Gasteiger partial charge is 0.330 e. The quantitative estimate of drug-likeness (QED) is 0.544. The first-order chi connectivity index (χ1) is 6.35. The zero-order valence-corrected chi connectivity index (χ0v) is 9.52. The predicted octanol–water partition coefficient (Wildman–Crippen LogP) is 3.72. The minimum absolute atomic E-state index is 0.873. The van der Waals surface area contributed by atoms with Crippen LogP contribution in [-0.2, 0) is 0 Å². The van der Waals surface area contributed by atoms with Crippen LogP contribution in [-0.4, -0.2) is 6.54 Å². The molecule has 0 saturated carbocycles. The lowest BCUT2D eigenvalue weighted by Crippen LogP contribution is -2.08. The van der Waals surface area contributed by atoms with Gasteiger partial charge in [0.2, 0.25) is 0 Å². The molecule has 2 N–H and O–H groups in total. The van der Waals surface area contributed by atoms with E-state index < -0.39 is 0 Å². The van der Waals surface area contributed by atoms with Crippen molar-refractivity contribution < 1.29 is 0 Å². The van der Waals surface area contributed by atoms with Crippen molar-refractivity contribution in [1.82, 2.24) is 0 Å². The first-order valence-electron chi connectivity index (χ1n) is 6.05. The summed E-state index contributed by atoms with van der Waals surface area (Å²) in [5, 5.41) is 0. The van der Waals surface area contributed by atoms with Crippen LogP contribution in [0, 0.1) is 5.92 Å². The minimum Gasteiger partial charge on any atom is -0.330 e. The van der Waals surface area contributed by atoms with E-state index in [1.807, 2.05) is 0 Å². The van der Waals surface area contributed by atoms with E-state index in [0.29, 0.717) is 0 Å². The molecule has 1 nitrogen and oxygen atoms in total. The molecule has 13 heavy (non-hydrogen) atoms. The Morgan fingerprint density at radius 2 is 1.62 bits per heavy atom. The summed E-state index contributed by atoms with van der Waals surface area (Å²) >= 11 is 0. The van der Waals surface area contributed by atoms with Crippen LogP contribution in [0.1, 0.15) is 65.2 Å². The van der Waals surface area contributed by atoms with Gasteiger partial charge in [0.05, 0.1) is 0 Å². The van der Waals surface area contributed by atoms with Gasteiger partial charge in [-0.25, -0.2) is 0 Å². The maximum absolute atomic E-state index is 5.59. The van der Waals surface area contributed by atoms with Crippen LogP contribution < -0.4 is 5.73 Å². The van der Waals surface area contributed by atoms with Crippen LogP contribution in [0.5, 0.6) is 0 Å². The third kappa shape index (κ3) is 8.29. The van der Waals surface area contributed by atoms with Crippen molar-refractivity contribution in [3.05, 3.63) is 0 Å². The summed E-state index contributed by atoms with van der Waals surface area (Å²) in [5.74, 6) is 0.909. The highest BCUT2D eigenvalue weighted by Gasteiger charge is 2.05. The molecule has 0 saturated heterocycles. The normalized spacial score (nSPS) is 13.2. The van der Waals surface area contributed by atoms with Gasteiger partial charge in [-0.3, -0.25) is 0 Å². The molecule has 0 unspecified atom stereocenters. The van der Waals surface area contributed by atoms with Gasteiger partial charge in [-0.2, -0.15) is 0 Å². The SMILES string of the molecule is CCCCCC[C@@H](CCC)CCN. The number of unbranched alkanes of at least 4 members (excludes halogenated alkanes) is 3. The van der Waals surface area contributed by atoms with Gasteiger partial charge < -0.3 is 5.73 Å². The molecule has 80 valence electrons. The van der Waals surface area contributed by atoms with Crippen LogP contribution in [0.25, 0.3) is 0 Å². The Morgan fingerprint density at radius 3 is 2.15 bits per heavy atom. The van der Waals surface area contributed by atoms with E-state index in [4.69, 9.17) is 5.73 Å². The van der Waals surface area contributed by atoms with Crippen molar-refractivity contribution in [2.24, 2.45) is 11.7 Å². The van der Waals surface area contributed by atoms with Crippen LogP contribution >= 0.6 is 0 Å². The van der Waals surface area contributed by atoms with Crippen LogP contribution in [0.15, 0.2) is 0 Å². The second-order valence-electron chi connectivity index (χ2n) is 4.08. The molecule has 0 aliphatic carbocycles. The maximum Gasteiger partial charge on any atom is -0.00746 e. The highest BCUT2D eigenvalue weighted by molar-refractivity contribution is 4.59. The zero-order chi connectivity index (χ0) is 9.94. The Bertz CT molecular complexity index is 85.1. The van der Waals surface area contributed by atoms with E-state index >= 15 is 0 Å². The molecular formula is C12H27N. The molecule has 0 aromatic heterocycles. The maximum atomic E-state index is 5.59. The average Bonchev–Trinajstić information content (AvgIpc) is 2.13. The Morgan fingerprint density at radius 1 is 0.846 bits per heavy atom. The summed E-state index contributed by atoms with van der Waals surface area (Å²) in [5.41, 5.74) is 5.59. The lowest BCUT2D eigenvalue weighted by Gasteiger charge is -2.14. The van der Waals surface area contributed by atoms with Gasteiger partial charge in [0.15, 0.2) is 0 Å². The lowest BCUT2D eigenvalue weighted by atomic mass is 9.93. The molecule has 0 aromatic carbocycles. The molecule has 0 amide bonds. The molecule has 0 bridgehead atoms. The van der Waals surface area contributed by atoms with Crippen molar-refractivity contribution >= 4 is 0 Å². The fourth-order valence-corrected chi connectivity index (χ4v) is 1.94. The summed E-state index contributed by atoms with van der Waals surface area (Å²) in [6.45, 7) is 5.41. The molecule has 0 rings (SSSR count). The van der Waals surface area contributed by atoms with Gasteiger partial charge >= 0.3 is 0 Å². The Hall–Kier alpha value is -0.0400. The van der Waals surface area contributed by atoms with Crippen LogP contribution in [0.4, 0.5) is 0 Å². The molecule has 0 fully saturated rings. The standard InChI is InChI=1S/C12H27N/c1-3-5-6-7-9-12(8-4-2)10-11-13/h12H,3-11,13H2,1-2H3/t12-/m1/s1. The summed E-state index contributed by atoms with van der Waals surface area (Å²) < 4.78 is 0. The van der Waals surface area contributed by atoms with E-state index in [1.54, 1.807) is 0 Å². The molecule has 0 aromatic rings. The highest BCUT2D eigenvalue weighted by atomic mass is 14.5. The summed E-state index contributed by atoms with van der Waals surface area (Å²) in [6, 6.07) is 0. The second-order valence-corrected chi connectivity index (χ2v) is 4.08. The second kappa shape index (κ2) is 10.0. The van der Waals surface area contributed by atoms with Gasteiger partial charge in [0.1, 0.15) is 0 Å². The van der Waals surface area contributed by atoms with E-state index in [2.05, 4.69) is 13.8 Å². The first kappa shape index (κ1) is 13.0. The van der Waals surface area contributed by atoms with E-state index in [-0.39, 0.29) is 0 Å². The molecule has 1 heteroatoms. The summed E-state index contributed by atoms with van der Waals surface area (Å²) in [6.07, 6.45) is 10.9. The lowest BCUT2D eigenvalue weighted by molar-refractivity contribution is 0.401. The smallest absolute Gasteiger partial charge is 0.00746 e. The van der Waals surface area contributed by atoms with Gasteiger partial charge in [-0.05, 0) is 18.9 Å². The predicted molar refractivity (Wildman–Crippen MR) is 60.8 cm³/mol. The van der Waals surface area contributed by atoms with Gasteiger partial charge in [-0.15, -0.1) is 0 Å². The van der Waals surface area contributed by atoms with Crippen molar-refractivity contribution in [2.45, 2.75) is 65.2 Å². The van der Waals surface area contributed by atoms with E-state index in [0.717, 1.165) is 12.5 Å². The Balaban J connectivity index is 3.33. The molecular weight excluding hydrogens is 158 g/mol. The van der Waals surface area contributed by atoms with E-state index in [1.165, 1.54) is 51.4 Å². The molecule has 0 aliphatic rings. The monoisotopic (exact) mass is 185 g/mol. The number of hydrogen-bond donors (Lipinski definition) is 1. The third-order valence-electron chi connectivity index (χ3n) is 2.74. The van der Waals surface area contributed by atoms with Crippen LogP contribution in [0.3, 0.4) is 0 Å². The fraction of sp³-hybridized carbons (Fsp3) is 1.00.